The quantitative estimate of drug-likeness (QED) is 0.903. The van der Waals surface area contributed by atoms with Crippen molar-refractivity contribution in [2.45, 2.75) is 52.2 Å². The lowest BCUT2D eigenvalue weighted by Crippen LogP contribution is -2.41. The van der Waals surface area contributed by atoms with Crippen LogP contribution in [-0.4, -0.2) is 43.3 Å². The monoisotopic (exact) mass is 346 g/mol. The Balaban J connectivity index is 1.54. The van der Waals surface area contributed by atoms with Crippen LogP contribution in [0, 0.1) is 5.41 Å². The molecule has 5 nitrogen and oxygen atoms in total. The lowest BCUT2D eigenvalue weighted by Gasteiger charge is -2.33. The van der Waals surface area contributed by atoms with E-state index in [1.165, 1.54) is 0 Å². The summed E-state index contributed by atoms with van der Waals surface area (Å²) >= 11 is 0. The number of urea groups is 1. The predicted octanol–water partition coefficient (Wildman–Crippen LogP) is 3.75. The molecule has 2 aliphatic heterocycles. The zero-order chi connectivity index (χ0) is 17.9. The molecule has 1 atom stereocenters. The van der Waals surface area contributed by atoms with Crippen molar-refractivity contribution in [2.75, 3.05) is 26.3 Å². The van der Waals surface area contributed by atoms with E-state index in [0.29, 0.717) is 0 Å². The molecule has 2 heterocycles. The number of rotatable bonds is 4. The molecule has 1 N–H and O–H groups in total. The van der Waals surface area contributed by atoms with Crippen LogP contribution in [0.4, 0.5) is 4.79 Å². The van der Waals surface area contributed by atoms with Crippen LogP contribution in [0.15, 0.2) is 24.3 Å². The van der Waals surface area contributed by atoms with Gasteiger partial charge in [-0.05, 0) is 63.1 Å². The largest absolute Gasteiger partial charge is 0.491 e. The van der Waals surface area contributed by atoms with E-state index < -0.39 is 0 Å². The van der Waals surface area contributed by atoms with Crippen molar-refractivity contribution in [3.05, 3.63) is 29.8 Å². The highest BCUT2D eigenvalue weighted by Crippen LogP contribution is 2.39. The lowest BCUT2D eigenvalue weighted by molar-refractivity contribution is 0.0208. The first kappa shape index (κ1) is 18.1. The second-order valence-electron chi connectivity index (χ2n) is 7.69. The van der Waals surface area contributed by atoms with Crippen molar-refractivity contribution in [1.82, 2.24) is 10.2 Å². The summed E-state index contributed by atoms with van der Waals surface area (Å²) in [6.07, 6.45) is 3.41. The molecule has 1 aromatic carbocycles. The molecule has 0 aliphatic carbocycles. The maximum atomic E-state index is 12.6. The number of nitrogens with zero attached hydrogens (tertiary/aromatic N) is 1. The third kappa shape index (κ3) is 4.46. The Morgan fingerprint density at radius 1 is 1.16 bits per heavy atom. The van der Waals surface area contributed by atoms with Gasteiger partial charge in [0, 0.05) is 26.3 Å². The minimum Gasteiger partial charge on any atom is -0.491 e. The van der Waals surface area contributed by atoms with E-state index in [0.717, 1.165) is 56.9 Å². The van der Waals surface area contributed by atoms with Crippen molar-refractivity contribution in [1.29, 1.82) is 0 Å². The highest BCUT2D eigenvalue weighted by molar-refractivity contribution is 5.75. The Hall–Kier alpha value is -1.75. The fraction of sp³-hybridized carbons (Fsp3) is 0.650. The van der Waals surface area contributed by atoms with E-state index in [2.05, 4.69) is 5.32 Å². The van der Waals surface area contributed by atoms with Gasteiger partial charge >= 0.3 is 6.03 Å². The maximum absolute atomic E-state index is 12.6. The second kappa shape index (κ2) is 7.65. The second-order valence-corrected chi connectivity index (χ2v) is 7.69. The fourth-order valence-corrected chi connectivity index (χ4v) is 3.79. The van der Waals surface area contributed by atoms with Crippen LogP contribution in [0.3, 0.4) is 0 Å². The maximum Gasteiger partial charge on any atom is 0.317 e. The number of likely N-dealkylation sites (tertiary alicyclic amines) is 1. The summed E-state index contributed by atoms with van der Waals surface area (Å²) in [5.41, 5.74) is 1.37. The van der Waals surface area contributed by atoms with Gasteiger partial charge in [-0.3, -0.25) is 0 Å². The molecule has 2 amide bonds. The van der Waals surface area contributed by atoms with Crippen LogP contribution in [0.25, 0.3) is 0 Å². The Bertz CT molecular complexity index is 579. The van der Waals surface area contributed by atoms with Crippen LogP contribution < -0.4 is 10.1 Å². The molecule has 2 saturated heterocycles. The molecule has 25 heavy (non-hydrogen) atoms. The summed E-state index contributed by atoms with van der Waals surface area (Å²) in [7, 11) is 0. The summed E-state index contributed by atoms with van der Waals surface area (Å²) in [5, 5.41) is 3.14. The molecule has 2 aliphatic rings. The van der Waals surface area contributed by atoms with Crippen LogP contribution in [0.2, 0.25) is 0 Å². The Labute approximate surface area is 150 Å². The molecule has 0 bridgehead atoms. The lowest BCUT2D eigenvalue weighted by atomic mass is 9.80. The zero-order valence-corrected chi connectivity index (χ0v) is 15.6. The van der Waals surface area contributed by atoms with Crippen molar-refractivity contribution >= 4 is 6.03 Å². The molecule has 3 rings (SSSR count). The Kier molecular flexibility index (Phi) is 5.52. The van der Waals surface area contributed by atoms with Gasteiger partial charge in [0.25, 0.3) is 0 Å². The average molecular weight is 346 g/mol. The van der Waals surface area contributed by atoms with Crippen molar-refractivity contribution in [3.8, 4) is 5.75 Å². The Morgan fingerprint density at radius 2 is 1.84 bits per heavy atom. The standard InChI is InChI=1S/C20H30N2O3/c1-15(2)25-18-6-4-17(5-7-18)16(3)21-19(23)22-11-8-20(14-22)9-12-24-13-10-20/h4-7,15-16H,8-14H2,1-3H3,(H,21,23)/t16-/m0/s1. The summed E-state index contributed by atoms with van der Waals surface area (Å²) in [5.74, 6) is 0.860. The number of benzene rings is 1. The molecule has 138 valence electrons. The van der Waals surface area contributed by atoms with E-state index in [1.807, 2.05) is 49.9 Å². The SMILES string of the molecule is CC(C)Oc1ccc([C@H](C)NC(=O)N2CCC3(CCOCC3)C2)cc1. The topological polar surface area (TPSA) is 50.8 Å². The van der Waals surface area contributed by atoms with Gasteiger partial charge in [0.2, 0.25) is 0 Å². The van der Waals surface area contributed by atoms with Crippen LogP contribution in [0.5, 0.6) is 5.75 Å². The van der Waals surface area contributed by atoms with E-state index in [4.69, 9.17) is 9.47 Å². The minimum atomic E-state index is -0.0214. The van der Waals surface area contributed by atoms with Gasteiger partial charge in [0.15, 0.2) is 0 Å². The van der Waals surface area contributed by atoms with E-state index >= 15 is 0 Å². The highest BCUT2D eigenvalue weighted by Gasteiger charge is 2.41. The number of carbonyl (C=O) groups is 1. The molecular formula is C20H30N2O3. The van der Waals surface area contributed by atoms with Gasteiger partial charge in [-0.25, -0.2) is 4.79 Å². The van der Waals surface area contributed by atoms with Crippen LogP contribution in [-0.2, 0) is 4.74 Å². The number of amides is 2. The van der Waals surface area contributed by atoms with Crippen molar-refractivity contribution < 1.29 is 14.3 Å². The van der Waals surface area contributed by atoms with Crippen molar-refractivity contribution in [3.63, 3.8) is 0 Å². The first-order valence-electron chi connectivity index (χ1n) is 9.37. The van der Waals surface area contributed by atoms with Crippen LogP contribution >= 0.6 is 0 Å². The molecule has 0 saturated carbocycles. The number of ether oxygens (including phenoxy) is 2. The van der Waals surface area contributed by atoms with Gasteiger partial charge in [0.05, 0.1) is 12.1 Å². The van der Waals surface area contributed by atoms with Gasteiger partial charge in [0.1, 0.15) is 5.75 Å². The summed E-state index contributed by atoms with van der Waals surface area (Å²) < 4.78 is 11.1. The Morgan fingerprint density at radius 3 is 2.48 bits per heavy atom. The third-order valence-corrected chi connectivity index (χ3v) is 5.37. The summed E-state index contributed by atoms with van der Waals surface area (Å²) in [6.45, 7) is 9.41. The first-order chi connectivity index (χ1) is 12.0. The van der Waals surface area contributed by atoms with E-state index in [9.17, 15) is 4.79 Å². The minimum absolute atomic E-state index is 0.0214. The number of hydrogen-bond donors (Lipinski definition) is 1. The van der Waals surface area contributed by atoms with Crippen molar-refractivity contribution in [2.24, 2.45) is 5.41 Å². The summed E-state index contributed by atoms with van der Waals surface area (Å²) in [6, 6.07) is 7.99. The molecular weight excluding hydrogens is 316 g/mol. The third-order valence-electron chi connectivity index (χ3n) is 5.37. The van der Waals surface area contributed by atoms with E-state index in [-0.39, 0.29) is 23.6 Å². The smallest absolute Gasteiger partial charge is 0.317 e. The number of carbonyl (C=O) groups excluding carboxylic acids is 1. The molecule has 2 fully saturated rings. The van der Waals surface area contributed by atoms with Crippen LogP contribution in [0.1, 0.15) is 51.6 Å². The molecule has 0 aromatic heterocycles. The predicted molar refractivity (Wildman–Crippen MR) is 97.8 cm³/mol. The zero-order valence-electron chi connectivity index (χ0n) is 15.6. The molecule has 0 unspecified atom stereocenters. The molecule has 1 aromatic rings. The highest BCUT2D eigenvalue weighted by atomic mass is 16.5. The number of nitrogens with one attached hydrogen (secondary N) is 1. The fourth-order valence-electron chi connectivity index (χ4n) is 3.79. The molecule has 1 spiro atoms. The first-order valence-corrected chi connectivity index (χ1v) is 9.37. The van der Waals surface area contributed by atoms with Gasteiger partial charge < -0.3 is 19.7 Å². The van der Waals surface area contributed by atoms with E-state index in [1.54, 1.807) is 0 Å². The molecule has 5 heteroatoms. The normalized spacial score (nSPS) is 20.7. The molecule has 0 radical (unpaired) electrons. The average Bonchev–Trinajstić information content (AvgIpc) is 2.99. The summed E-state index contributed by atoms with van der Waals surface area (Å²) in [4.78, 5) is 14.6. The van der Waals surface area contributed by atoms with Gasteiger partial charge in [-0.15, -0.1) is 0 Å². The van der Waals surface area contributed by atoms with Gasteiger partial charge in [-0.1, -0.05) is 12.1 Å². The van der Waals surface area contributed by atoms with Gasteiger partial charge in [-0.2, -0.15) is 0 Å². The number of hydrogen-bond acceptors (Lipinski definition) is 3.